The number of rotatable bonds is 1. The van der Waals surface area contributed by atoms with Crippen molar-refractivity contribution in [2.45, 2.75) is 38.4 Å². The minimum absolute atomic E-state index is 0.0302. The summed E-state index contributed by atoms with van der Waals surface area (Å²) < 4.78 is 7.58. The summed E-state index contributed by atoms with van der Waals surface area (Å²) in [6.45, 7) is 6.67. The van der Waals surface area contributed by atoms with Crippen molar-refractivity contribution >= 4 is 5.91 Å². The van der Waals surface area contributed by atoms with Gasteiger partial charge in [-0.05, 0) is 32.4 Å². The Balaban J connectivity index is 1.86. The van der Waals surface area contributed by atoms with Crippen LogP contribution < -0.4 is 5.73 Å². The van der Waals surface area contributed by atoms with Crippen molar-refractivity contribution in [3.8, 4) is 0 Å². The highest BCUT2D eigenvalue weighted by molar-refractivity contribution is 5.87. The van der Waals surface area contributed by atoms with Crippen LogP contribution in [0.2, 0.25) is 0 Å². The normalized spacial score (nSPS) is 30.5. The second-order valence-corrected chi connectivity index (χ2v) is 5.68. The summed E-state index contributed by atoms with van der Waals surface area (Å²) >= 11 is 0. The molecule has 0 aromatic carbocycles. The molecule has 1 fully saturated rings. The Bertz CT molecular complexity index is 503. The van der Waals surface area contributed by atoms with Crippen molar-refractivity contribution < 1.29 is 9.53 Å². The number of hydrogen-bond acceptors (Lipinski definition) is 3. The first-order valence-corrected chi connectivity index (χ1v) is 6.87. The lowest BCUT2D eigenvalue weighted by Gasteiger charge is -2.39. The zero-order valence-corrected chi connectivity index (χ0v) is 11.6. The summed E-state index contributed by atoms with van der Waals surface area (Å²) in [4.78, 5) is 14.6. The molecule has 2 unspecified atom stereocenters. The molecule has 19 heavy (non-hydrogen) atoms. The summed E-state index contributed by atoms with van der Waals surface area (Å²) in [5.74, 6) is 0.0302. The predicted octanol–water partition coefficient (Wildman–Crippen LogP) is 0.818. The maximum Gasteiger partial charge on any atom is 0.245 e. The van der Waals surface area contributed by atoms with Crippen molar-refractivity contribution in [1.82, 2.24) is 9.47 Å². The van der Waals surface area contributed by atoms with Crippen LogP contribution in [0.1, 0.15) is 30.8 Å². The Morgan fingerprint density at radius 2 is 2.26 bits per heavy atom. The van der Waals surface area contributed by atoms with Gasteiger partial charge in [0.1, 0.15) is 5.54 Å². The molecule has 5 heteroatoms. The highest BCUT2D eigenvalue weighted by Crippen LogP contribution is 2.30. The SMILES string of the molecule is Cc1ccc2n1CCN(C(=O)C1(N)CCOC1)C2C. The lowest BCUT2D eigenvalue weighted by Crippen LogP contribution is -2.58. The molecule has 3 rings (SSSR count). The summed E-state index contributed by atoms with van der Waals surface area (Å²) in [6.07, 6.45) is 0.620. The number of amides is 1. The van der Waals surface area contributed by atoms with E-state index in [1.807, 2.05) is 4.90 Å². The second-order valence-electron chi connectivity index (χ2n) is 5.68. The van der Waals surface area contributed by atoms with E-state index in [1.54, 1.807) is 0 Å². The summed E-state index contributed by atoms with van der Waals surface area (Å²) in [6, 6.07) is 4.29. The van der Waals surface area contributed by atoms with Gasteiger partial charge in [-0.3, -0.25) is 4.79 Å². The van der Waals surface area contributed by atoms with Crippen LogP contribution in [0, 0.1) is 6.92 Å². The molecule has 0 bridgehead atoms. The minimum atomic E-state index is -0.821. The van der Waals surface area contributed by atoms with E-state index in [9.17, 15) is 4.79 Å². The maximum atomic E-state index is 12.7. The zero-order valence-electron chi connectivity index (χ0n) is 11.6. The Morgan fingerprint density at radius 3 is 2.95 bits per heavy atom. The van der Waals surface area contributed by atoms with Crippen LogP contribution in [0.15, 0.2) is 12.1 Å². The van der Waals surface area contributed by atoms with E-state index in [0.717, 1.165) is 13.1 Å². The Labute approximate surface area is 113 Å². The van der Waals surface area contributed by atoms with Crippen LogP contribution >= 0.6 is 0 Å². The van der Waals surface area contributed by atoms with Crippen LogP contribution in [0.3, 0.4) is 0 Å². The largest absolute Gasteiger partial charge is 0.379 e. The van der Waals surface area contributed by atoms with Gasteiger partial charge in [0.15, 0.2) is 0 Å². The molecule has 5 nitrogen and oxygen atoms in total. The fourth-order valence-corrected chi connectivity index (χ4v) is 3.13. The molecule has 1 aromatic heterocycles. The predicted molar refractivity (Wildman–Crippen MR) is 71.7 cm³/mol. The Hall–Kier alpha value is -1.33. The maximum absolute atomic E-state index is 12.7. The molecule has 0 radical (unpaired) electrons. The summed E-state index contributed by atoms with van der Waals surface area (Å²) in [7, 11) is 0. The molecular formula is C14H21N3O2. The lowest BCUT2D eigenvalue weighted by molar-refractivity contribution is -0.140. The van der Waals surface area contributed by atoms with E-state index in [4.69, 9.17) is 10.5 Å². The third-order valence-electron chi connectivity index (χ3n) is 4.43. The fourth-order valence-electron chi connectivity index (χ4n) is 3.13. The molecule has 1 aromatic rings. The first-order chi connectivity index (χ1) is 9.03. The average molecular weight is 263 g/mol. The van der Waals surface area contributed by atoms with E-state index in [0.29, 0.717) is 19.6 Å². The summed E-state index contributed by atoms with van der Waals surface area (Å²) in [5.41, 5.74) is 7.82. The number of carbonyl (C=O) groups is 1. The van der Waals surface area contributed by atoms with Crippen molar-refractivity contribution in [3.05, 3.63) is 23.5 Å². The van der Waals surface area contributed by atoms with Crippen LogP contribution in [0.5, 0.6) is 0 Å². The van der Waals surface area contributed by atoms with Crippen LogP contribution in [-0.2, 0) is 16.1 Å². The van der Waals surface area contributed by atoms with Crippen LogP contribution in [0.4, 0.5) is 0 Å². The first-order valence-electron chi connectivity index (χ1n) is 6.87. The number of aromatic nitrogens is 1. The molecule has 2 aliphatic heterocycles. The highest BCUT2D eigenvalue weighted by Gasteiger charge is 2.43. The van der Waals surface area contributed by atoms with E-state index in [1.165, 1.54) is 11.4 Å². The molecular weight excluding hydrogens is 242 g/mol. The molecule has 1 amide bonds. The van der Waals surface area contributed by atoms with Gasteiger partial charge in [-0.2, -0.15) is 0 Å². The number of hydrogen-bond donors (Lipinski definition) is 1. The van der Waals surface area contributed by atoms with Gasteiger partial charge in [-0.15, -0.1) is 0 Å². The zero-order chi connectivity index (χ0) is 13.6. The minimum Gasteiger partial charge on any atom is -0.379 e. The van der Waals surface area contributed by atoms with Gasteiger partial charge < -0.3 is 19.9 Å². The number of ether oxygens (including phenoxy) is 1. The smallest absolute Gasteiger partial charge is 0.245 e. The quantitative estimate of drug-likeness (QED) is 0.816. The second kappa shape index (κ2) is 4.35. The fraction of sp³-hybridized carbons (Fsp3) is 0.643. The molecule has 0 saturated carbocycles. The highest BCUT2D eigenvalue weighted by atomic mass is 16.5. The van der Waals surface area contributed by atoms with E-state index in [-0.39, 0.29) is 11.9 Å². The van der Waals surface area contributed by atoms with Gasteiger partial charge in [-0.1, -0.05) is 0 Å². The number of carbonyl (C=O) groups excluding carboxylic acids is 1. The Morgan fingerprint density at radius 1 is 1.47 bits per heavy atom. The third-order valence-corrected chi connectivity index (χ3v) is 4.43. The van der Waals surface area contributed by atoms with Gasteiger partial charge in [0.25, 0.3) is 0 Å². The van der Waals surface area contributed by atoms with Gasteiger partial charge in [0.05, 0.1) is 12.6 Å². The topological polar surface area (TPSA) is 60.5 Å². The van der Waals surface area contributed by atoms with Gasteiger partial charge in [-0.25, -0.2) is 0 Å². The number of fused-ring (bicyclic) bond motifs is 1. The molecule has 2 N–H and O–H groups in total. The number of aryl methyl sites for hydroxylation is 1. The average Bonchev–Trinajstić information content (AvgIpc) is 2.98. The summed E-state index contributed by atoms with van der Waals surface area (Å²) in [5, 5.41) is 0. The van der Waals surface area contributed by atoms with Crippen molar-refractivity contribution in [3.63, 3.8) is 0 Å². The van der Waals surface area contributed by atoms with Gasteiger partial charge >= 0.3 is 0 Å². The molecule has 1 saturated heterocycles. The van der Waals surface area contributed by atoms with Gasteiger partial charge in [0, 0.05) is 31.1 Å². The standard InChI is InChI=1S/C14H21N3O2/c1-10-3-4-12-11(2)17(7-6-16(10)12)13(18)14(15)5-8-19-9-14/h3-4,11H,5-9,15H2,1-2H3. The molecule has 2 atom stereocenters. The van der Waals surface area contributed by atoms with Crippen LogP contribution in [-0.4, -0.2) is 40.7 Å². The third kappa shape index (κ3) is 1.88. The number of nitrogens with two attached hydrogens (primary N) is 1. The molecule has 0 spiro atoms. The van der Waals surface area contributed by atoms with Crippen molar-refractivity contribution in [1.29, 1.82) is 0 Å². The number of nitrogens with zero attached hydrogens (tertiary/aromatic N) is 2. The molecule has 3 heterocycles. The van der Waals surface area contributed by atoms with Gasteiger partial charge in [0.2, 0.25) is 5.91 Å². The molecule has 104 valence electrons. The van der Waals surface area contributed by atoms with E-state index >= 15 is 0 Å². The van der Waals surface area contributed by atoms with Crippen molar-refractivity contribution in [2.75, 3.05) is 19.8 Å². The lowest BCUT2D eigenvalue weighted by atomic mass is 9.96. The van der Waals surface area contributed by atoms with E-state index in [2.05, 4.69) is 30.5 Å². The van der Waals surface area contributed by atoms with Crippen LogP contribution in [0.25, 0.3) is 0 Å². The van der Waals surface area contributed by atoms with E-state index < -0.39 is 5.54 Å². The Kier molecular flexibility index (Phi) is 2.91. The van der Waals surface area contributed by atoms with Crippen molar-refractivity contribution in [2.24, 2.45) is 5.73 Å². The monoisotopic (exact) mass is 263 g/mol. The molecule has 0 aliphatic carbocycles. The molecule has 2 aliphatic rings. The first kappa shape index (κ1) is 12.7.